The monoisotopic (exact) mass is 273 g/mol. The standard InChI is InChI=1S/C15H19N3O2/c1-2-17-11-13(16)14(19)18(15(17)20)10-6-9-12-7-4-3-5-8-12/h3-5,7-8,11H,2,6,9-10,16H2,1H3. The molecule has 5 nitrogen and oxygen atoms in total. The Morgan fingerprint density at radius 2 is 1.85 bits per heavy atom. The number of aryl methyl sites for hydroxylation is 2. The van der Waals surface area contributed by atoms with Gasteiger partial charge in [0.2, 0.25) is 0 Å². The fraction of sp³-hybridized carbons (Fsp3) is 0.333. The van der Waals surface area contributed by atoms with E-state index in [1.807, 2.05) is 37.3 Å². The minimum Gasteiger partial charge on any atom is -0.393 e. The summed E-state index contributed by atoms with van der Waals surface area (Å²) in [5, 5.41) is 0. The third-order valence-electron chi connectivity index (χ3n) is 3.29. The average Bonchev–Trinajstić information content (AvgIpc) is 2.47. The van der Waals surface area contributed by atoms with Gasteiger partial charge in [-0.05, 0) is 25.3 Å². The molecule has 2 N–H and O–H groups in total. The number of aromatic nitrogens is 2. The van der Waals surface area contributed by atoms with Crippen LogP contribution in [-0.2, 0) is 19.5 Å². The van der Waals surface area contributed by atoms with Crippen molar-refractivity contribution in [1.82, 2.24) is 9.13 Å². The summed E-state index contributed by atoms with van der Waals surface area (Å²) in [6.45, 7) is 2.74. The summed E-state index contributed by atoms with van der Waals surface area (Å²) in [7, 11) is 0. The van der Waals surface area contributed by atoms with Crippen LogP contribution in [0.1, 0.15) is 18.9 Å². The highest BCUT2D eigenvalue weighted by Gasteiger charge is 2.08. The van der Waals surface area contributed by atoms with Crippen LogP contribution in [0.4, 0.5) is 5.69 Å². The normalized spacial score (nSPS) is 10.7. The summed E-state index contributed by atoms with van der Waals surface area (Å²) in [6.07, 6.45) is 2.97. The lowest BCUT2D eigenvalue weighted by atomic mass is 10.1. The van der Waals surface area contributed by atoms with Crippen LogP contribution in [0.3, 0.4) is 0 Å². The van der Waals surface area contributed by atoms with Crippen LogP contribution in [0.15, 0.2) is 46.1 Å². The smallest absolute Gasteiger partial charge is 0.331 e. The summed E-state index contributed by atoms with van der Waals surface area (Å²) in [6, 6.07) is 9.99. The quantitative estimate of drug-likeness (QED) is 0.891. The molecule has 0 radical (unpaired) electrons. The Balaban J connectivity index is 2.16. The minimum absolute atomic E-state index is 0.117. The zero-order chi connectivity index (χ0) is 14.5. The Bertz CT molecular complexity index is 687. The van der Waals surface area contributed by atoms with Gasteiger partial charge >= 0.3 is 5.69 Å². The Labute approximate surface area is 117 Å². The molecular formula is C15H19N3O2. The summed E-state index contributed by atoms with van der Waals surface area (Å²) in [5.41, 5.74) is 6.28. The molecule has 1 aromatic carbocycles. The third-order valence-corrected chi connectivity index (χ3v) is 3.29. The number of hydrogen-bond acceptors (Lipinski definition) is 3. The highest BCUT2D eigenvalue weighted by molar-refractivity contribution is 5.30. The lowest BCUT2D eigenvalue weighted by molar-refractivity contribution is 0.547. The largest absolute Gasteiger partial charge is 0.393 e. The van der Waals surface area contributed by atoms with Gasteiger partial charge in [0.15, 0.2) is 0 Å². The number of anilines is 1. The summed E-state index contributed by atoms with van der Waals surface area (Å²) < 4.78 is 2.68. The van der Waals surface area contributed by atoms with E-state index in [0.717, 1.165) is 12.8 Å². The Morgan fingerprint density at radius 1 is 1.15 bits per heavy atom. The van der Waals surface area contributed by atoms with E-state index in [-0.39, 0.29) is 11.4 Å². The molecular weight excluding hydrogens is 254 g/mol. The van der Waals surface area contributed by atoms with Crippen LogP contribution >= 0.6 is 0 Å². The number of hydrogen-bond donors (Lipinski definition) is 1. The fourth-order valence-corrected chi connectivity index (χ4v) is 2.19. The summed E-state index contributed by atoms with van der Waals surface area (Å²) >= 11 is 0. The molecule has 0 aliphatic heterocycles. The van der Waals surface area contributed by atoms with E-state index in [2.05, 4.69) is 0 Å². The van der Waals surface area contributed by atoms with Gasteiger partial charge in [0, 0.05) is 19.3 Å². The van der Waals surface area contributed by atoms with E-state index in [1.54, 1.807) is 0 Å². The van der Waals surface area contributed by atoms with Crippen LogP contribution in [0.2, 0.25) is 0 Å². The first kappa shape index (κ1) is 14.1. The summed E-state index contributed by atoms with van der Waals surface area (Å²) in [5.74, 6) is 0. The number of nitrogen functional groups attached to an aromatic ring is 1. The Hall–Kier alpha value is -2.30. The zero-order valence-corrected chi connectivity index (χ0v) is 11.6. The predicted molar refractivity (Wildman–Crippen MR) is 79.8 cm³/mol. The predicted octanol–water partition coefficient (Wildman–Crippen LogP) is 1.24. The second kappa shape index (κ2) is 6.23. The molecule has 2 rings (SSSR count). The molecule has 0 aliphatic carbocycles. The molecule has 0 unspecified atom stereocenters. The molecule has 1 aromatic heterocycles. The van der Waals surface area contributed by atoms with Gasteiger partial charge in [0.05, 0.1) is 0 Å². The van der Waals surface area contributed by atoms with E-state index in [4.69, 9.17) is 5.73 Å². The lowest BCUT2D eigenvalue weighted by Crippen LogP contribution is -2.40. The average molecular weight is 273 g/mol. The maximum absolute atomic E-state index is 12.1. The van der Waals surface area contributed by atoms with Crippen molar-refractivity contribution in [3.8, 4) is 0 Å². The molecule has 0 fully saturated rings. The second-order valence-electron chi connectivity index (χ2n) is 4.70. The molecule has 0 aliphatic rings. The van der Waals surface area contributed by atoms with E-state index >= 15 is 0 Å². The van der Waals surface area contributed by atoms with Crippen LogP contribution in [0, 0.1) is 0 Å². The first-order chi connectivity index (χ1) is 9.63. The maximum atomic E-state index is 12.1. The van der Waals surface area contributed by atoms with Crippen molar-refractivity contribution in [3.05, 3.63) is 62.9 Å². The van der Waals surface area contributed by atoms with Crippen LogP contribution in [0.25, 0.3) is 0 Å². The van der Waals surface area contributed by atoms with Gasteiger partial charge in [0.25, 0.3) is 5.56 Å². The first-order valence-electron chi connectivity index (χ1n) is 6.77. The topological polar surface area (TPSA) is 70.0 Å². The van der Waals surface area contributed by atoms with Gasteiger partial charge in [-0.3, -0.25) is 13.9 Å². The molecule has 0 saturated carbocycles. The van der Waals surface area contributed by atoms with Gasteiger partial charge in [-0.2, -0.15) is 0 Å². The van der Waals surface area contributed by atoms with Crippen molar-refractivity contribution < 1.29 is 0 Å². The van der Waals surface area contributed by atoms with Gasteiger partial charge in [-0.25, -0.2) is 4.79 Å². The maximum Gasteiger partial charge on any atom is 0.331 e. The van der Waals surface area contributed by atoms with Crippen molar-refractivity contribution in [2.45, 2.75) is 32.9 Å². The number of benzene rings is 1. The molecule has 0 bridgehead atoms. The molecule has 20 heavy (non-hydrogen) atoms. The first-order valence-corrected chi connectivity index (χ1v) is 6.77. The van der Waals surface area contributed by atoms with Crippen molar-refractivity contribution >= 4 is 5.69 Å². The van der Waals surface area contributed by atoms with Gasteiger partial charge in [-0.15, -0.1) is 0 Å². The number of nitrogens with two attached hydrogens (primary N) is 1. The van der Waals surface area contributed by atoms with Gasteiger partial charge in [-0.1, -0.05) is 30.3 Å². The molecule has 1 heterocycles. The second-order valence-corrected chi connectivity index (χ2v) is 4.70. The van der Waals surface area contributed by atoms with Crippen LogP contribution in [-0.4, -0.2) is 9.13 Å². The van der Waals surface area contributed by atoms with Crippen molar-refractivity contribution in [3.63, 3.8) is 0 Å². The van der Waals surface area contributed by atoms with E-state index in [1.165, 1.54) is 20.9 Å². The lowest BCUT2D eigenvalue weighted by Gasteiger charge is -2.10. The van der Waals surface area contributed by atoms with Crippen LogP contribution in [0.5, 0.6) is 0 Å². The Morgan fingerprint density at radius 3 is 2.50 bits per heavy atom. The SMILES string of the molecule is CCn1cc(N)c(=O)n(CCCc2ccccc2)c1=O. The van der Waals surface area contributed by atoms with E-state index in [9.17, 15) is 9.59 Å². The molecule has 0 spiro atoms. The van der Waals surface area contributed by atoms with Gasteiger partial charge < -0.3 is 5.73 Å². The van der Waals surface area contributed by atoms with E-state index < -0.39 is 5.56 Å². The fourth-order valence-electron chi connectivity index (χ4n) is 2.19. The molecule has 2 aromatic rings. The van der Waals surface area contributed by atoms with Crippen molar-refractivity contribution in [1.29, 1.82) is 0 Å². The molecule has 0 amide bonds. The van der Waals surface area contributed by atoms with E-state index in [0.29, 0.717) is 13.1 Å². The minimum atomic E-state index is -0.396. The third kappa shape index (κ3) is 2.99. The Kier molecular flexibility index (Phi) is 4.40. The molecule has 106 valence electrons. The highest BCUT2D eigenvalue weighted by Crippen LogP contribution is 2.03. The van der Waals surface area contributed by atoms with Crippen molar-refractivity contribution in [2.24, 2.45) is 0 Å². The molecule has 0 atom stereocenters. The van der Waals surface area contributed by atoms with Crippen molar-refractivity contribution in [2.75, 3.05) is 5.73 Å². The number of rotatable bonds is 5. The van der Waals surface area contributed by atoms with Crippen LogP contribution < -0.4 is 17.0 Å². The van der Waals surface area contributed by atoms with Gasteiger partial charge in [0.1, 0.15) is 5.69 Å². The highest BCUT2D eigenvalue weighted by atomic mass is 16.2. The summed E-state index contributed by atoms with van der Waals surface area (Å²) in [4.78, 5) is 24.0. The zero-order valence-electron chi connectivity index (χ0n) is 11.6. The molecule has 5 heteroatoms. The number of nitrogens with zero attached hydrogens (tertiary/aromatic N) is 2. The molecule has 0 saturated heterocycles.